The van der Waals surface area contributed by atoms with Crippen LogP contribution in [0.5, 0.6) is 11.5 Å². The van der Waals surface area contributed by atoms with Crippen LogP contribution in [-0.4, -0.2) is 21.0 Å². The maximum atomic E-state index is 11.4. The van der Waals surface area contributed by atoms with E-state index in [9.17, 15) is 9.90 Å². The Morgan fingerprint density at radius 3 is 2.55 bits per heavy atom. The number of ether oxygens (including phenoxy) is 2. The predicted octanol–water partition coefficient (Wildman–Crippen LogP) is 6.03. The lowest BCUT2D eigenvalue weighted by molar-refractivity contribution is 0.0696. The van der Waals surface area contributed by atoms with Crippen molar-refractivity contribution in [2.45, 2.75) is 20.1 Å². The summed E-state index contributed by atoms with van der Waals surface area (Å²) in [4.78, 5) is 19.1. The number of nitrogens with zero attached hydrogens (tertiary/aromatic N) is 1. The standard InChI is InChI=1S/C23H18Cl2N2O4/c1-13-2-6-18-19(8-13)27-22(26-18)12-31-20-7-4-15(23(28)29)10-21(20)30-11-14-3-5-16(24)17(25)9-14/h2-10H,11-12H2,1H3,(H,26,27)(H,28,29). The van der Waals surface area contributed by atoms with Crippen LogP contribution in [0.25, 0.3) is 11.0 Å². The Morgan fingerprint density at radius 1 is 0.968 bits per heavy atom. The predicted molar refractivity (Wildman–Crippen MR) is 119 cm³/mol. The molecular formula is C23H18Cl2N2O4. The molecule has 1 heterocycles. The third kappa shape index (κ3) is 4.93. The summed E-state index contributed by atoms with van der Waals surface area (Å²) in [7, 11) is 0. The van der Waals surface area contributed by atoms with Gasteiger partial charge in [0.05, 0.1) is 26.6 Å². The summed E-state index contributed by atoms with van der Waals surface area (Å²) in [6.07, 6.45) is 0. The molecule has 0 aliphatic rings. The molecule has 0 fully saturated rings. The van der Waals surface area contributed by atoms with Crippen LogP contribution in [0.3, 0.4) is 0 Å². The van der Waals surface area contributed by atoms with Crippen molar-refractivity contribution in [2.75, 3.05) is 0 Å². The van der Waals surface area contributed by atoms with E-state index in [1.165, 1.54) is 12.1 Å². The van der Waals surface area contributed by atoms with Gasteiger partial charge in [0.1, 0.15) is 19.0 Å². The maximum absolute atomic E-state index is 11.4. The first kappa shape index (κ1) is 21.0. The molecule has 4 rings (SSSR count). The third-order valence-corrected chi connectivity index (χ3v) is 5.36. The Hall–Kier alpha value is -3.22. The molecule has 0 radical (unpaired) electrons. The van der Waals surface area contributed by atoms with Crippen LogP contribution in [0.2, 0.25) is 10.0 Å². The highest BCUT2D eigenvalue weighted by molar-refractivity contribution is 6.42. The number of aromatic amines is 1. The van der Waals surface area contributed by atoms with E-state index in [-0.39, 0.29) is 18.8 Å². The molecule has 0 bridgehead atoms. The van der Waals surface area contributed by atoms with Crippen molar-refractivity contribution in [1.82, 2.24) is 9.97 Å². The first-order valence-corrected chi connectivity index (χ1v) is 10.2. The number of carboxylic acids is 1. The largest absolute Gasteiger partial charge is 0.485 e. The van der Waals surface area contributed by atoms with Crippen molar-refractivity contribution < 1.29 is 19.4 Å². The minimum absolute atomic E-state index is 0.0932. The van der Waals surface area contributed by atoms with E-state index in [1.54, 1.807) is 24.3 Å². The lowest BCUT2D eigenvalue weighted by Gasteiger charge is -2.13. The van der Waals surface area contributed by atoms with Gasteiger partial charge in [-0.2, -0.15) is 0 Å². The van der Waals surface area contributed by atoms with Gasteiger partial charge in [0, 0.05) is 0 Å². The van der Waals surface area contributed by atoms with E-state index < -0.39 is 5.97 Å². The second kappa shape index (κ2) is 8.88. The molecule has 158 valence electrons. The lowest BCUT2D eigenvalue weighted by Crippen LogP contribution is -2.04. The van der Waals surface area contributed by atoms with Crippen molar-refractivity contribution in [1.29, 1.82) is 0 Å². The summed E-state index contributed by atoms with van der Waals surface area (Å²) in [5.74, 6) is 0.302. The highest BCUT2D eigenvalue weighted by Crippen LogP contribution is 2.31. The Bertz CT molecular complexity index is 1270. The van der Waals surface area contributed by atoms with E-state index >= 15 is 0 Å². The zero-order chi connectivity index (χ0) is 22.0. The lowest BCUT2D eigenvalue weighted by atomic mass is 10.2. The SMILES string of the molecule is Cc1ccc2nc(COc3ccc(C(=O)O)cc3OCc3ccc(Cl)c(Cl)c3)[nH]c2c1. The molecule has 31 heavy (non-hydrogen) atoms. The molecule has 0 atom stereocenters. The molecule has 4 aromatic rings. The van der Waals surface area contributed by atoms with Gasteiger partial charge in [0.15, 0.2) is 11.5 Å². The number of halogens is 2. The van der Waals surface area contributed by atoms with Crippen LogP contribution in [0.4, 0.5) is 0 Å². The van der Waals surface area contributed by atoms with E-state index in [1.807, 2.05) is 25.1 Å². The molecule has 0 amide bonds. The highest BCUT2D eigenvalue weighted by atomic mass is 35.5. The smallest absolute Gasteiger partial charge is 0.335 e. The van der Waals surface area contributed by atoms with Gasteiger partial charge >= 0.3 is 5.97 Å². The average molecular weight is 457 g/mol. The molecule has 2 N–H and O–H groups in total. The molecule has 1 aromatic heterocycles. The second-order valence-electron chi connectivity index (χ2n) is 7.00. The molecule has 0 aliphatic carbocycles. The van der Waals surface area contributed by atoms with Gasteiger partial charge in [-0.3, -0.25) is 0 Å². The zero-order valence-corrected chi connectivity index (χ0v) is 18.0. The molecule has 0 saturated heterocycles. The van der Waals surface area contributed by atoms with Crippen molar-refractivity contribution in [3.05, 3.63) is 87.2 Å². The van der Waals surface area contributed by atoms with Gasteiger partial charge in [0.25, 0.3) is 0 Å². The summed E-state index contributed by atoms with van der Waals surface area (Å²) < 4.78 is 11.7. The number of carbonyl (C=O) groups is 1. The van der Waals surface area contributed by atoms with Crippen LogP contribution < -0.4 is 9.47 Å². The number of aromatic nitrogens is 2. The topological polar surface area (TPSA) is 84.4 Å². The quantitative estimate of drug-likeness (QED) is 0.354. The van der Waals surface area contributed by atoms with Crippen LogP contribution in [0, 0.1) is 6.92 Å². The van der Waals surface area contributed by atoms with E-state index in [2.05, 4.69) is 9.97 Å². The van der Waals surface area contributed by atoms with Crippen molar-refractivity contribution in [2.24, 2.45) is 0 Å². The molecular weight excluding hydrogens is 439 g/mol. The molecule has 8 heteroatoms. The van der Waals surface area contributed by atoms with Gasteiger partial charge in [-0.05, 0) is 60.5 Å². The van der Waals surface area contributed by atoms with E-state index in [0.29, 0.717) is 27.4 Å². The number of hydrogen-bond donors (Lipinski definition) is 2. The van der Waals surface area contributed by atoms with Crippen molar-refractivity contribution in [3.8, 4) is 11.5 Å². The number of aryl methyl sites for hydroxylation is 1. The number of fused-ring (bicyclic) bond motifs is 1. The first-order valence-electron chi connectivity index (χ1n) is 9.41. The summed E-state index contributed by atoms with van der Waals surface area (Å²) in [5, 5.41) is 10.2. The molecule has 6 nitrogen and oxygen atoms in total. The third-order valence-electron chi connectivity index (χ3n) is 4.62. The van der Waals surface area contributed by atoms with Gasteiger partial charge in [-0.1, -0.05) is 35.3 Å². The van der Waals surface area contributed by atoms with Gasteiger partial charge < -0.3 is 19.6 Å². The number of H-pyrrole nitrogens is 1. The zero-order valence-electron chi connectivity index (χ0n) is 16.5. The van der Waals surface area contributed by atoms with Crippen LogP contribution in [0.15, 0.2) is 54.6 Å². The fraction of sp³-hybridized carbons (Fsp3) is 0.130. The summed E-state index contributed by atoms with van der Waals surface area (Å²) in [6.45, 7) is 2.35. The number of rotatable bonds is 7. The second-order valence-corrected chi connectivity index (χ2v) is 7.81. The summed E-state index contributed by atoms with van der Waals surface area (Å²) in [5.41, 5.74) is 3.78. The molecule has 0 saturated carbocycles. The average Bonchev–Trinajstić information content (AvgIpc) is 3.15. The highest BCUT2D eigenvalue weighted by Gasteiger charge is 2.13. The molecule has 0 spiro atoms. The normalized spacial score (nSPS) is 10.9. The van der Waals surface area contributed by atoms with Crippen LogP contribution >= 0.6 is 23.2 Å². The number of carboxylic acid groups (broad SMARTS) is 1. The van der Waals surface area contributed by atoms with Gasteiger partial charge in [-0.25, -0.2) is 9.78 Å². The Labute approximate surface area is 188 Å². The Balaban J connectivity index is 1.54. The van der Waals surface area contributed by atoms with E-state index in [0.717, 1.165) is 22.2 Å². The summed E-state index contributed by atoms with van der Waals surface area (Å²) in [6, 6.07) is 15.6. The fourth-order valence-electron chi connectivity index (χ4n) is 3.05. The Kier molecular flexibility index (Phi) is 6.02. The van der Waals surface area contributed by atoms with Crippen LogP contribution in [-0.2, 0) is 13.2 Å². The number of hydrogen-bond acceptors (Lipinski definition) is 4. The van der Waals surface area contributed by atoms with Gasteiger partial charge in [0.2, 0.25) is 0 Å². The molecule has 0 unspecified atom stereocenters. The number of aromatic carboxylic acids is 1. The maximum Gasteiger partial charge on any atom is 0.335 e. The van der Waals surface area contributed by atoms with Crippen molar-refractivity contribution >= 4 is 40.2 Å². The van der Waals surface area contributed by atoms with E-state index in [4.69, 9.17) is 32.7 Å². The monoisotopic (exact) mass is 456 g/mol. The fourth-order valence-corrected chi connectivity index (χ4v) is 3.38. The minimum atomic E-state index is -1.06. The van der Waals surface area contributed by atoms with Crippen molar-refractivity contribution in [3.63, 3.8) is 0 Å². The van der Waals surface area contributed by atoms with Gasteiger partial charge in [-0.15, -0.1) is 0 Å². The number of benzene rings is 3. The number of nitrogens with one attached hydrogen (secondary N) is 1. The molecule has 3 aromatic carbocycles. The summed E-state index contributed by atoms with van der Waals surface area (Å²) >= 11 is 12.0. The van der Waals surface area contributed by atoms with Crippen LogP contribution in [0.1, 0.15) is 27.3 Å². The first-order chi connectivity index (χ1) is 14.9. The minimum Gasteiger partial charge on any atom is -0.485 e. The molecule has 0 aliphatic heterocycles. The Morgan fingerprint density at radius 2 is 1.77 bits per heavy atom. The number of imidazole rings is 1.